The number of rotatable bonds is 0. The summed E-state index contributed by atoms with van der Waals surface area (Å²) in [5, 5.41) is 5.14. The third-order valence-corrected chi connectivity index (χ3v) is 5.72. The van der Waals surface area contributed by atoms with Crippen LogP contribution in [0.5, 0.6) is 0 Å². The lowest BCUT2D eigenvalue weighted by atomic mass is 10.2. The summed E-state index contributed by atoms with van der Waals surface area (Å²) in [6.45, 7) is 8.00. The zero-order valence-electron chi connectivity index (χ0n) is 18.1. The molecule has 2 heteroatoms. The van der Waals surface area contributed by atoms with Gasteiger partial charge in [-0.15, -0.1) is 11.3 Å². The predicted octanol–water partition coefficient (Wildman–Crippen LogP) is 9.69. The molecule has 4 aromatic carbocycles. The molecule has 0 saturated carbocycles. The van der Waals surface area contributed by atoms with E-state index in [4.69, 9.17) is 4.42 Å². The number of benzene rings is 4. The number of hydrogen-bond donors (Lipinski definition) is 0. The second kappa shape index (κ2) is 10.6. The number of thiophene rings is 1. The summed E-state index contributed by atoms with van der Waals surface area (Å²) in [6.07, 6.45) is 0. The molecule has 0 N–H and O–H groups in total. The van der Waals surface area contributed by atoms with Crippen molar-refractivity contribution < 1.29 is 4.42 Å². The Balaban J connectivity index is 0.000000147. The van der Waals surface area contributed by atoms with Crippen LogP contribution >= 0.6 is 11.3 Å². The van der Waals surface area contributed by atoms with E-state index in [0.29, 0.717) is 0 Å². The van der Waals surface area contributed by atoms with Crippen LogP contribution in [0.1, 0.15) is 27.7 Å². The summed E-state index contributed by atoms with van der Waals surface area (Å²) in [5.41, 5.74) is 1.92. The minimum atomic E-state index is 0.962. The highest BCUT2D eigenvalue weighted by molar-refractivity contribution is 7.25. The van der Waals surface area contributed by atoms with Crippen LogP contribution < -0.4 is 0 Å². The average molecular weight is 413 g/mol. The van der Waals surface area contributed by atoms with Gasteiger partial charge in [-0.2, -0.15) is 0 Å². The first-order chi connectivity index (χ1) is 14.9. The van der Waals surface area contributed by atoms with Crippen LogP contribution in [0.15, 0.2) is 101 Å². The van der Waals surface area contributed by atoms with Gasteiger partial charge < -0.3 is 4.42 Å². The average Bonchev–Trinajstić information content (AvgIpc) is 3.40. The molecule has 0 spiro atoms. The van der Waals surface area contributed by atoms with Crippen molar-refractivity contribution in [3.63, 3.8) is 0 Å². The lowest BCUT2D eigenvalue weighted by molar-refractivity contribution is 0.669. The third kappa shape index (κ3) is 4.39. The summed E-state index contributed by atoms with van der Waals surface area (Å²) in [4.78, 5) is 0. The van der Waals surface area contributed by atoms with Crippen molar-refractivity contribution in [1.82, 2.24) is 0 Å². The lowest BCUT2D eigenvalue weighted by Gasteiger charge is -1.88. The molecule has 1 nitrogen and oxygen atoms in total. The Morgan fingerprint density at radius 1 is 0.433 bits per heavy atom. The van der Waals surface area contributed by atoms with Gasteiger partial charge in [0.05, 0.1) is 0 Å². The third-order valence-electron chi connectivity index (χ3n) is 4.57. The van der Waals surface area contributed by atoms with E-state index >= 15 is 0 Å². The molecule has 2 heterocycles. The molecule has 6 rings (SSSR count). The monoisotopic (exact) mass is 412 g/mol. The fourth-order valence-electron chi connectivity index (χ4n) is 3.35. The smallest absolute Gasteiger partial charge is 0.135 e. The van der Waals surface area contributed by atoms with Crippen LogP contribution in [0.2, 0.25) is 0 Å². The minimum absolute atomic E-state index is 0.962. The topological polar surface area (TPSA) is 13.1 Å². The second-order valence-electron chi connectivity index (χ2n) is 6.19. The molecule has 6 aromatic rings. The van der Waals surface area contributed by atoms with Gasteiger partial charge >= 0.3 is 0 Å². The Kier molecular flexibility index (Phi) is 7.64. The van der Waals surface area contributed by atoms with Gasteiger partial charge in [-0.1, -0.05) is 100 Å². The fraction of sp³-hybridized carbons (Fsp3) is 0.143. The molecule has 0 bridgehead atoms. The van der Waals surface area contributed by atoms with Gasteiger partial charge in [0.25, 0.3) is 0 Å². The highest BCUT2D eigenvalue weighted by atomic mass is 32.1. The molecule has 152 valence electrons. The van der Waals surface area contributed by atoms with Crippen LogP contribution in [0.3, 0.4) is 0 Å². The molecule has 0 aliphatic heterocycles. The molecular weight excluding hydrogens is 384 g/mol. The van der Waals surface area contributed by atoms with Gasteiger partial charge in [-0.3, -0.25) is 0 Å². The summed E-state index contributed by atoms with van der Waals surface area (Å²) >= 11 is 1.86. The fourth-order valence-corrected chi connectivity index (χ4v) is 4.46. The number of para-hydroxylation sites is 2. The van der Waals surface area contributed by atoms with E-state index in [0.717, 1.165) is 11.2 Å². The summed E-state index contributed by atoms with van der Waals surface area (Å²) in [7, 11) is 0. The van der Waals surface area contributed by atoms with Crippen molar-refractivity contribution in [2.24, 2.45) is 0 Å². The van der Waals surface area contributed by atoms with Crippen LogP contribution in [0, 0.1) is 0 Å². The maximum absolute atomic E-state index is 5.65. The lowest BCUT2D eigenvalue weighted by Crippen LogP contribution is -1.62. The maximum atomic E-state index is 5.65. The van der Waals surface area contributed by atoms with Gasteiger partial charge in [0, 0.05) is 30.9 Å². The van der Waals surface area contributed by atoms with E-state index in [2.05, 4.69) is 60.7 Å². The first-order valence-electron chi connectivity index (χ1n) is 10.6. The van der Waals surface area contributed by atoms with E-state index < -0.39 is 0 Å². The van der Waals surface area contributed by atoms with Crippen molar-refractivity contribution in [1.29, 1.82) is 0 Å². The summed E-state index contributed by atoms with van der Waals surface area (Å²) in [6, 6.07) is 33.3. The second-order valence-corrected chi connectivity index (χ2v) is 7.27. The van der Waals surface area contributed by atoms with Crippen molar-refractivity contribution in [3.8, 4) is 0 Å². The normalized spacial score (nSPS) is 10.0. The van der Waals surface area contributed by atoms with Gasteiger partial charge in [0.2, 0.25) is 0 Å². The Morgan fingerprint density at radius 2 is 0.767 bits per heavy atom. The molecule has 0 amide bonds. The largest absolute Gasteiger partial charge is 0.456 e. The summed E-state index contributed by atoms with van der Waals surface area (Å²) in [5.74, 6) is 0. The quantitative estimate of drug-likeness (QED) is 0.242. The van der Waals surface area contributed by atoms with Crippen molar-refractivity contribution in [2.45, 2.75) is 27.7 Å². The minimum Gasteiger partial charge on any atom is -0.456 e. The predicted molar refractivity (Wildman–Crippen MR) is 136 cm³/mol. The number of furan rings is 1. The van der Waals surface area contributed by atoms with Gasteiger partial charge in [-0.05, 0) is 24.3 Å². The molecule has 0 atom stereocenters. The summed E-state index contributed by atoms with van der Waals surface area (Å²) < 4.78 is 8.41. The van der Waals surface area contributed by atoms with Crippen LogP contribution in [-0.4, -0.2) is 0 Å². The highest BCUT2D eigenvalue weighted by Gasteiger charge is 2.03. The van der Waals surface area contributed by atoms with Crippen LogP contribution in [-0.2, 0) is 0 Å². The molecule has 0 aliphatic carbocycles. The van der Waals surface area contributed by atoms with Crippen molar-refractivity contribution >= 4 is 53.4 Å². The standard InChI is InChI=1S/C12H8O.C12H8S.2C2H6/c2*1-3-7-11-9(5-1)10-6-2-4-8-12(10)13-11;2*1-2/h2*1-8H;2*1-2H3. The molecular formula is C28H28OS. The molecule has 2 aromatic heterocycles. The first-order valence-corrected chi connectivity index (χ1v) is 11.4. The van der Waals surface area contributed by atoms with Crippen LogP contribution in [0.25, 0.3) is 42.1 Å². The Morgan fingerprint density at radius 3 is 1.20 bits per heavy atom. The maximum Gasteiger partial charge on any atom is 0.135 e. The Hall–Kier alpha value is -3.10. The Bertz CT molecular complexity index is 1130. The SMILES string of the molecule is CC.CC.c1ccc2c(c1)oc1ccccc12.c1ccc2c(c1)sc1ccccc12. The zero-order chi connectivity index (χ0) is 21.3. The number of hydrogen-bond acceptors (Lipinski definition) is 2. The van der Waals surface area contributed by atoms with E-state index in [1.165, 1.54) is 30.9 Å². The van der Waals surface area contributed by atoms with Crippen molar-refractivity contribution in [2.75, 3.05) is 0 Å². The molecule has 0 aliphatic rings. The van der Waals surface area contributed by atoms with E-state index in [9.17, 15) is 0 Å². The highest BCUT2D eigenvalue weighted by Crippen LogP contribution is 2.33. The zero-order valence-corrected chi connectivity index (χ0v) is 18.9. The van der Waals surface area contributed by atoms with E-state index in [1.807, 2.05) is 75.4 Å². The first kappa shape index (κ1) is 21.6. The molecule has 30 heavy (non-hydrogen) atoms. The van der Waals surface area contributed by atoms with Crippen molar-refractivity contribution in [3.05, 3.63) is 97.1 Å². The number of fused-ring (bicyclic) bond motifs is 6. The van der Waals surface area contributed by atoms with E-state index in [1.54, 1.807) is 0 Å². The molecule has 0 fully saturated rings. The Labute approximate surface area is 182 Å². The molecule has 0 saturated heterocycles. The van der Waals surface area contributed by atoms with Gasteiger partial charge in [0.15, 0.2) is 0 Å². The molecule has 0 radical (unpaired) electrons. The van der Waals surface area contributed by atoms with Gasteiger partial charge in [-0.25, -0.2) is 0 Å². The molecule has 0 unspecified atom stereocenters. The van der Waals surface area contributed by atoms with Crippen LogP contribution in [0.4, 0.5) is 0 Å². The van der Waals surface area contributed by atoms with Gasteiger partial charge in [0.1, 0.15) is 11.2 Å². The van der Waals surface area contributed by atoms with E-state index in [-0.39, 0.29) is 0 Å².